The molecule has 0 unspecified atom stereocenters. The molecule has 0 aliphatic heterocycles. The molecular weight excluding hydrogens is 234 g/mol. The Morgan fingerprint density at radius 1 is 1.31 bits per heavy atom. The molecule has 0 saturated carbocycles. The first-order chi connectivity index (χ1) is 7.56. The highest BCUT2D eigenvalue weighted by Gasteiger charge is 2.15. The summed E-state index contributed by atoms with van der Waals surface area (Å²) >= 11 is 5.90. The highest BCUT2D eigenvalue weighted by molar-refractivity contribution is 6.36. The molecule has 2 aromatic carbocycles. The van der Waals surface area contributed by atoms with Crippen molar-refractivity contribution in [2.45, 2.75) is 13.3 Å². The molecule has 2 aromatic rings. The second-order valence-corrected chi connectivity index (χ2v) is 3.90. The third-order valence-electron chi connectivity index (χ3n) is 2.57. The first-order valence-electron chi connectivity index (χ1n) is 4.84. The first kappa shape index (κ1) is 11.1. The minimum absolute atomic E-state index is 0.142. The van der Waals surface area contributed by atoms with E-state index >= 15 is 0 Å². The molecule has 1 nitrogen and oxygen atoms in total. The summed E-state index contributed by atoms with van der Waals surface area (Å²) in [4.78, 5) is 0. The first-order valence-corrected chi connectivity index (χ1v) is 5.22. The lowest BCUT2D eigenvalue weighted by Gasteiger charge is -2.09. The van der Waals surface area contributed by atoms with Crippen molar-refractivity contribution in [3.05, 3.63) is 40.4 Å². The van der Waals surface area contributed by atoms with E-state index in [4.69, 9.17) is 11.6 Å². The molecule has 0 aliphatic carbocycles. The fourth-order valence-electron chi connectivity index (χ4n) is 1.82. The van der Waals surface area contributed by atoms with Crippen LogP contribution in [0.25, 0.3) is 10.8 Å². The molecule has 0 bridgehead atoms. The SMILES string of the molecule is CCc1c(F)ccc2c(F)c(O)cc(Cl)c12. The van der Waals surface area contributed by atoms with Gasteiger partial charge in [-0.3, -0.25) is 0 Å². The van der Waals surface area contributed by atoms with Gasteiger partial charge in [-0.05, 0) is 24.1 Å². The van der Waals surface area contributed by atoms with Crippen molar-refractivity contribution in [1.82, 2.24) is 0 Å². The van der Waals surface area contributed by atoms with Crippen LogP contribution >= 0.6 is 11.6 Å². The average Bonchev–Trinajstić information content (AvgIpc) is 2.25. The monoisotopic (exact) mass is 242 g/mol. The summed E-state index contributed by atoms with van der Waals surface area (Å²) in [6, 6.07) is 3.56. The van der Waals surface area contributed by atoms with Gasteiger partial charge in [-0.1, -0.05) is 18.5 Å². The molecule has 4 heteroatoms. The normalized spacial score (nSPS) is 11.0. The Bertz CT molecular complexity index is 567. The second kappa shape index (κ2) is 3.91. The van der Waals surface area contributed by atoms with Crippen LogP contribution in [0.3, 0.4) is 0 Å². The molecule has 1 N–H and O–H groups in total. The van der Waals surface area contributed by atoms with Gasteiger partial charge in [0, 0.05) is 16.8 Å². The predicted octanol–water partition coefficient (Wildman–Crippen LogP) is 4.04. The molecule has 2 rings (SSSR count). The summed E-state index contributed by atoms with van der Waals surface area (Å²) in [6.45, 7) is 1.76. The lowest BCUT2D eigenvalue weighted by atomic mass is 10.0. The van der Waals surface area contributed by atoms with Crippen LogP contribution in [0.2, 0.25) is 5.02 Å². The summed E-state index contributed by atoms with van der Waals surface area (Å²) in [5, 5.41) is 9.91. The van der Waals surface area contributed by atoms with Crippen LogP contribution in [0.4, 0.5) is 8.78 Å². The maximum absolute atomic E-state index is 13.6. The van der Waals surface area contributed by atoms with Gasteiger partial charge in [0.15, 0.2) is 11.6 Å². The number of rotatable bonds is 1. The number of phenols is 1. The van der Waals surface area contributed by atoms with E-state index in [1.165, 1.54) is 12.1 Å². The minimum Gasteiger partial charge on any atom is -0.505 e. The van der Waals surface area contributed by atoms with E-state index in [0.717, 1.165) is 6.07 Å². The minimum atomic E-state index is -0.769. The summed E-state index contributed by atoms with van der Waals surface area (Å²) in [6.07, 6.45) is 0.410. The van der Waals surface area contributed by atoms with Crippen molar-refractivity contribution in [3.8, 4) is 5.75 Å². The van der Waals surface area contributed by atoms with E-state index in [1.54, 1.807) is 6.92 Å². The van der Waals surface area contributed by atoms with Gasteiger partial charge in [0.1, 0.15) is 5.82 Å². The predicted molar refractivity (Wildman–Crippen MR) is 59.9 cm³/mol. The maximum atomic E-state index is 13.6. The zero-order valence-electron chi connectivity index (χ0n) is 8.52. The average molecular weight is 243 g/mol. The fraction of sp³-hybridized carbons (Fsp3) is 0.167. The van der Waals surface area contributed by atoms with Crippen LogP contribution in [-0.4, -0.2) is 5.11 Å². The topological polar surface area (TPSA) is 20.2 Å². The smallest absolute Gasteiger partial charge is 0.172 e. The van der Waals surface area contributed by atoms with Gasteiger partial charge in [-0.15, -0.1) is 0 Å². The van der Waals surface area contributed by atoms with E-state index in [9.17, 15) is 13.9 Å². The lowest BCUT2D eigenvalue weighted by Crippen LogP contribution is -1.93. The molecule has 16 heavy (non-hydrogen) atoms. The number of hydrogen-bond donors (Lipinski definition) is 1. The molecular formula is C12H9ClF2O. The largest absolute Gasteiger partial charge is 0.505 e. The number of hydrogen-bond acceptors (Lipinski definition) is 1. The highest BCUT2D eigenvalue weighted by atomic mass is 35.5. The van der Waals surface area contributed by atoms with Crippen molar-refractivity contribution in [2.24, 2.45) is 0 Å². The number of benzene rings is 2. The summed E-state index contributed by atoms with van der Waals surface area (Å²) < 4.78 is 27.1. The van der Waals surface area contributed by atoms with Gasteiger partial charge in [0.05, 0.1) is 5.02 Å². The molecule has 0 atom stereocenters. The van der Waals surface area contributed by atoms with E-state index < -0.39 is 17.4 Å². The van der Waals surface area contributed by atoms with E-state index in [1.807, 2.05) is 0 Å². The van der Waals surface area contributed by atoms with E-state index in [-0.39, 0.29) is 10.4 Å². The Morgan fingerprint density at radius 2 is 2.00 bits per heavy atom. The Morgan fingerprint density at radius 3 is 2.62 bits per heavy atom. The molecule has 0 spiro atoms. The van der Waals surface area contributed by atoms with Gasteiger partial charge in [0.2, 0.25) is 0 Å². The molecule has 0 aromatic heterocycles. The van der Waals surface area contributed by atoms with E-state index in [0.29, 0.717) is 17.4 Å². The lowest BCUT2D eigenvalue weighted by molar-refractivity contribution is 0.436. The highest BCUT2D eigenvalue weighted by Crippen LogP contribution is 2.35. The third kappa shape index (κ3) is 1.52. The van der Waals surface area contributed by atoms with Crippen molar-refractivity contribution >= 4 is 22.4 Å². The molecule has 0 radical (unpaired) electrons. The number of aryl methyl sites for hydroxylation is 1. The van der Waals surface area contributed by atoms with Gasteiger partial charge in [-0.2, -0.15) is 0 Å². The molecule has 0 heterocycles. The Hall–Kier alpha value is -1.35. The molecule has 0 saturated heterocycles. The standard InChI is InChI=1S/C12H9ClF2O/c1-2-6-9(14)4-3-7-11(6)8(13)5-10(16)12(7)15/h3-5,16H,2H2,1H3. The molecule has 0 amide bonds. The Balaban J connectivity index is 2.99. The van der Waals surface area contributed by atoms with Crippen molar-refractivity contribution in [1.29, 1.82) is 0 Å². The molecule has 84 valence electrons. The second-order valence-electron chi connectivity index (χ2n) is 3.49. The summed E-state index contributed by atoms with van der Waals surface area (Å²) in [5.74, 6) is -1.71. The van der Waals surface area contributed by atoms with Crippen LogP contribution in [0.1, 0.15) is 12.5 Å². The number of fused-ring (bicyclic) bond motifs is 1. The maximum Gasteiger partial charge on any atom is 0.172 e. The zero-order valence-corrected chi connectivity index (χ0v) is 9.28. The Kier molecular flexibility index (Phi) is 2.72. The molecule has 0 aliphatic rings. The van der Waals surface area contributed by atoms with Crippen LogP contribution in [0, 0.1) is 11.6 Å². The van der Waals surface area contributed by atoms with Gasteiger partial charge < -0.3 is 5.11 Å². The Labute approximate surface area is 96.3 Å². The number of halogens is 3. The number of aromatic hydroxyl groups is 1. The van der Waals surface area contributed by atoms with Gasteiger partial charge >= 0.3 is 0 Å². The van der Waals surface area contributed by atoms with Gasteiger partial charge in [0.25, 0.3) is 0 Å². The summed E-state index contributed by atoms with van der Waals surface area (Å²) in [5.41, 5.74) is 0.362. The van der Waals surface area contributed by atoms with Gasteiger partial charge in [-0.25, -0.2) is 8.78 Å². The van der Waals surface area contributed by atoms with Crippen molar-refractivity contribution in [2.75, 3.05) is 0 Å². The van der Waals surface area contributed by atoms with Crippen LogP contribution in [0.15, 0.2) is 18.2 Å². The number of phenolic OH excluding ortho intramolecular Hbond substituents is 1. The van der Waals surface area contributed by atoms with Crippen LogP contribution < -0.4 is 0 Å². The van der Waals surface area contributed by atoms with Crippen LogP contribution in [-0.2, 0) is 6.42 Å². The van der Waals surface area contributed by atoms with E-state index in [2.05, 4.69) is 0 Å². The third-order valence-corrected chi connectivity index (χ3v) is 2.87. The zero-order chi connectivity index (χ0) is 11.9. The quantitative estimate of drug-likeness (QED) is 0.800. The van der Waals surface area contributed by atoms with Crippen LogP contribution in [0.5, 0.6) is 5.75 Å². The molecule has 0 fully saturated rings. The van der Waals surface area contributed by atoms with Crippen molar-refractivity contribution < 1.29 is 13.9 Å². The summed E-state index contributed by atoms with van der Waals surface area (Å²) in [7, 11) is 0. The van der Waals surface area contributed by atoms with Crippen molar-refractivity contribution in [3.63, 3.8) is 0 Å². The fourth-order valence-corrected chi connectivity index (χ4v) is 2.14.